The minimum atomic E-state index is -0.361. The molecule has 0 radical (unpaired) electrons. The van der Waals surface area contributed by atoms with Gasteiger partial charge in [-0.2, -0.15) is 0 Å². The number of hydrogen-bond donors (Lipinski definition) is 0. The Morgan fingerprint density at radius 1 is 0.273 bits per heavy atom. The Hall–Kier alpha value is -10.8. The molecule has 0 N–H and O–H groups in total. The molecule has 16 atom stereocenters. The van der Waals surface area contributed by atoms with Crippen LogP contribution in [0.2, 0.25) is 0 Å². The quantitative estimate of drug-likeness (QED) is 0.0202. The molecule has 0 saturated heterocycles. The van der Waals surface area contributed by atoms with Crippen LogP contribution in [0.1, 0.15) is 223 Å². The predicted octanol–water partition coefficient (Wildman–Crippen LogP) is 31.1. The van der Waals surface area contributed by atoms with Gasteiger partial charge in [0.15, 0.2) is 37.7 Å². The lowest BCUT2D eigenvalue weighted by Gasteiger charge is -2.56. The largest absolute Gasteiger partial charge is 0.497 e. The summed E-state index contributed by atoms with van der Waals surface area (Å²) in [6.45, 7) is 38.6. The molecular weight excluding hydrogens is 1780 g/mol. The lowest BCUT2D eigenvalue weighted by Crippen LogP contribution is -2.53. The van der Waals surface area contributed by atoms with E-state index in [1.807, 2.05) is 290 Å². The lowest BCUT2D eigenvalue weighted by atomic mass is 9.50. The molecule has 0 aromatic heterocycles. The third-order valence-electron chi connectivity index (χ3n) is 32.4. The van der Waals surface area contributed by atoms with Gasteiger partial charge in [-0.05, 0) is 450 Å². The van der Waals surface area contributed by atoms with Gasteiger partial charge in [0.05, 0.1) is 45.7 Å². The molecule has 9 aromatic rings. The summed E-state index contributed by atoms with van der Waals surface area (Å²) in [5.41, 5.74) is 7.11. The zero-order valence-electron chi connectivity index (χ0n) is 86.0. The van der Waals surface area contributed by atoms with Crippen LogP contribution in [0.25, 0.3) is 36.5 Å². The first-order valence-corrected chi connectivity index (χ1v) is 53.5. The van der Waals surface area contributed by atoms with E-state index in [4.69, 9.17) is 75.8 Å². The average molecular weight is 1940 g/mol. The number of hydrogen-bond acceptors (Lipinski definition) is 16. The first-order chi connectivity index (χ1) is 69.7. The van der Waals surface area contributed by atoms with E-state index < -0.39 is 0 Å². The number of fused-ring (bicyclic) bond motifs is 11. The maximum atomic E-state index is 6.47. The van der Waals surface area contributed by atoms with Crippen LogP contribution in [-0.4, -0.2) is 96.7 Å². The molecule has 14 bridgehead atoms. The summed E-state index contributed by atoms with van der Waals surface area (Å²) in [5, 5.41) is 0. The Bertz CT molecular complexity index is 5300. The molecule has 0 heterocycles. The van der Waals surface area contributed by atoms with Crippen LogP contribution in [0.5, 0.6) is 63.2 Å². The molecule has 14 aliphatic rings. The molecule has 9 aromatic carbocycles. The smallest absolute Gasteiger partial charge is 0.197 e. The van der Waals surface area contributed by atoms with Gasteiger partial charge in [0, 0.05) is 0 Å². The van der Waals surface area contributed by atoms with Crippen molar-refractivity contribution in [3.8, 4) is 63.2 Å². The first kappa shape index (κ1) is 105. The minimum absolute atomic E-state index is 0.106. The van der Waals surface area contributed by atoms with E-state index in [9.17, 15) is 0 Å². The zero-order valence-corrected chi connectivity index (χ0v) is 86.0. The first-order valence-electron chi connectivity index (χ1n) is 53.5. The summed E-state index contributed by atoms with van der Waals surface area (Å²) in [7, 11) is 1.63. The van der Waals surface area contributed by atoms with Crippen molar-refractivity contribution in [2.45, 2.75) is 233 Å². The second kappa shape index (κ2) is 51.8. The topological polar surface area (TPSA) is 148 Å². The highest BCUT2D eigenvalue weighted by molar-refractivity contribution is 5.53. The molecule has 0 aliphatic heterocycles. The van der Waals surface area contributed by atoms with E-state index in [-0.39, 0.29) is 43.3 Å². The Morgan fingerprint density at radius 2 is 0.601 bits per heavy atom. The summed E-state index contributed by atoms with van der Waals surface area (Å²) in [4.78, 5) is 0. The second-order valence-corrected chi connectivity index (χ2v) is 42.6. The number of para-hydroxylation sites is 1. The molecule has 0 amide bonds. The fourth-order valence-corrected chi connectivity index (χ4v) is 26.9. The molecule has 14 fully saturated rings. The Morgan fingerprint density at radius 3 is 0.972 bits per heavy atom. The van der Waals surface area contributed by atoms with Crippen LogP contribution in [0, 0.1) is 100 Å². The van der Waals surface area contributed by atoms with E-state index in [0.29, 0.717) is 31.8 Å². The number of methoxy groups -OCH3 is 1. The van der Waals surface area contributed by atoms with Crippen LogP contribution in [0.15, 0.2) is 264 Å². The standard InChI is InChI=1S/C24H24O4.C24H32O2.C21H28O2.C20H26O2.C19H22O4.C19H26O2/c1-3-20-9-11-23(12-10-20)27-19(2)25-17-18-26-21-13-15-24(16-14-21)28-22-7-5-4-6-8-22;1-3-16-4-8-21(9-5-16)26-15(2)25-11-10-17-12-20-14-22(17)24-19-7-6-18(13-19)23(20)24;1-3-16-4-6-20(7-5-16)23-15(2)22-14-21-11-17-8-18(12-21)10-19(9-17)13-21;1-3-15-4-6-19(7-5-15)21-14(2)22-20-11-16-8-17(12-20)10-18(9-16)13-20;1-4-16-5-7-19(8-6-16)23-15(2)21-13-14-22-18-11-9-17(20-3)10-12-18;1-3-15-5-8-19(9-6-15)21-14(2)20-11-10-18-13-16-4-7-17(18)12-16/h3-16,19H,1,17-18H2,2H3;3-5,8-9,15,17-20,22-24H,1,6-7,10-14H2,2H3;3-7,15,17-19H,1,8-14H2,2H3;3-7,14,16-18H,1,8-13H2,2H3;4-12,15H,1,13-14H2,2-3H3;3,5-6,8-9,14,16-18H,1,4,7,10-13H2,2H3. The van der Waals surface area contributed by atoms with Crippen molar-refractivity contribution < 1.29 is 75.8 Å². The van der Waals surface area contributed by atoms with Gasteiger partial charge in [-0.1, -0.05) is 173 Å². The van der Waals surface area contributed by atoms with Crippen LogP contribution < -0.4 is 47.4 Å². The van der Waals surface area contributed by atoms with E-state index in [2.05, 4.69) is 39.5 Å². The summed E-state index contributed by atoms with van der Waals surface area (Å²) in [6.07, 6.45) is 42.2. The summed E-state index contributed by atoms with van der Waals surface area (Å²) in [6, 6.07) is 72.0. The maximum Gasteiger partial charge on any atom is 0.197 e. The normalized spacial score (nSPS) is 27.2. The van der Waals surface area contributed by atoms with Crippen molar-refractivity contribution >= 4 is 36.5 Å². The molecule has 16 nitrogen and oxygen atoms in total. The Kier molecular flexibility index (Phi) is 38.0. The van der Waals surface area contributed by atoms with Crippen molar-refractivity contribution in [2.75, 3.05) is 53.4 Å². The number of benzene rings is 9. The fraction of sp³-hybridized carbons (Fsp3) is 0.480. The SMILES string of the molecule is C=Cc1ccc(OC(C)OC23CC4CC(CC(C4)C2)C3)cc1.C=Cc1ccc(OC(C)OCC23CC4CC(CC(C4)C2)C3)cc1.C=Cc1ccc(OC(C)OCCC2CC3CC2C2C4CCC(C4)C32)cc1.C=Cc1ccc(OC(C)OCCC2CC3CCC2C3)cc1.C=Cc1ccc(OC(C)OCCOc2ccc(OC)cc2)cc1.C=Cc1ccc(OC(C)OCCOc2ccc(Oc3ccccc3)cc2)cc1. The van der Waals surface area contributed by atoms with Crippen molar-refractivity contribution in [1.29, 1.82) is 0 Å². The van der Waals surface area contributed by atoms with Crippen LogP contribution in [0.3, 0.4) is 0 Å². The minimum Gasteiger partial charge on any atom is -0.497 e. The second-order valence-electron chi connectivity index (χ2n) is 42.6. The maximum absolute atomic E-state index is 6.47. The van der Waals surface area contributed by atoms with Crippen molar-refractivity contribution in [1.82, 2.24) is 0 Å². The van der Waals surface area contributed by atoms with Crippen LogP contribution in [0.4, 0.5) is 0 Å². The molecule has 0 spiro atoms. The zero-order chi connectivity index (χ0) is 99.4. The van der Waals surface area contributed by atoms with E-state index in [1.165, 1.54) is 135 Å². The molecule has 14 aliphatic carbocycles. The predicted molar refractivity (Wildman–Crippen MR) is 575 cm³/mol. The van der Waals surface area contributed by atoms with Crippen LogP contribution in [-0.2, 0) is 28.4 Å². The highest BCUT2D eigenvalue weighted by Crippen LogP contribution is 2.69. The van der Waals surface area contributed by atoms with Crippen molar-refractivity contribution in [3.63, 3.8) is 0 Å². The van der Waals surface area contributed by atoms with Gasteiger partial charge in [0.1, 0.15) is 76.5 Å². The van der Waals surface area contributed by atoms with Gasteiger partial charge < -0.3 is 75.8 Å². The monoisotopic (exact) mass is 1940 g/mol. The van der Waals surface area contributed by atoms with Gasteiger partial charge >= 0.3 is 0 Å². The lowest BCUT2D eigenvalue weighted by molar-refractivity contribution is -0.225. The summed E-state index contributed by atoms with van der Waals surface area (Å²) < 4.78 is 92.8. The third kappa shape index (κ3) is 30.4. The van der Waals surface area contributed by atoms with Crippen LogP contribution >= 0.6 is 0 Å². The fourth-order valence-electron chi connectivity index (χ4n) is 26.9. The highest BCUT2D eigenvalue weighted by atomic mass is 16.7. The van der Waals surface area contributed by atoms with E-state index in [1.54, 1.807) is 32.1 Å². The molecular formula is C127H158O16. The molecule has 14 saturated carbocycles. The van der Waals surface area contributed by atoms with Gasteiger partial charge in [0.25, 0.3) is 0 Å². The molecule has 143 heavy (non-hydrogen) atoms. The van der Waals surface area contributed by atoms with Crippen molar-refractivity contribution in [3.05, 3.63) is 297 Å². The van der Waals surface area contributed by atoms with Gasteiger partial charge in [-0.25, -0.2) is 0 Å². The summed E-state index contributed by atoms with van der Waals surface area (Å²) in [5.74, 6) is 24.9. The van der Waals surface area contributed by atoms with Gasteiger partial charge in [-0.15, -0.1) is 0 Å². The van der Waals surface area contributed by atoms with E-state index >= 15 is 0 Å². The highest BCUT2D eigenvalue weighted by Gasteiger charge is 2.62. The number of rotatable bonds is 44. The molecule has 23 rings (SSSR count). The molecule has 16 heteroatoms. The van der Waals surface area contributed by atoms with E-state index in [0.717, 1.165) is 211 Å². The van der Waals surface area contributed by atoms with Gasteiger partial charge in [0.2, 0.25) is 0 Å². The van der Waals surface area contributed by atoms with Gasteiger partial charge in [-0.3, -0.25) is 0 Å². The molecule has 762 valence electrons. The number of ether oxygens (including phenoxy) is 16. The van der Waals surface area contributed by atoms with Crippen molar-refractivity contribution in [2.24, 2.45) is 100 Å². The molecule has 16 unspecified atom stereocenters. The Balaban J connectivity index is 0.000000124. The summed E-state index contributed by atoms with van der Waals surface area (Å²) >= 11 is 0. The average Bonchev–Trinajstić information content (AvgIpc) is 1.56. The Labute approximate surface area is 853 Å². The third-order valence-corrected chi connectivity index (χ3v) is 32.4.